The lowest BCUT2D eigenvalue weighted by Gasteiger charge is -2.30. The highest BCUT2D eigenvalue weighted by atomic mass is 16.5. The Labute approximate surface area is 150 Å². The van der Waals surface area contributed by atoms with Crippen LogP contribution in [0.3, 0.4) is 0 Å². The molecule has 3 aromatic rings. The number of rotatable bonds is 5. The van der Waals surface area contributed by atoms with E-state index < -0.39 is 0 Å². The number of likely N-dealkylation sites (tertiary alicyclic amines) is 1. The Morgan fingerprint density at radius 2 is 2.12 bits per heavy atom. The van der Waals surface area contributed by atoms with Crippen molar-refractivity contribution in [1.82, 2.24) is 34.6 Å². The predicted molar refractivity (Wildman–Crippen MR) is 92.7 cm³/mol. The largest absolute Gasteiger partial charge is 0.338 e. The van der Waals surface area contributed by atoms with Gasteiger partial charge in [0, 0.05) is 25.0 Å². The normalized spacial score (nSPS) is 16.2. The van der Waals surface area contributed by atoms with E-state index in [0.717, 1.165) is 25.9 Å². The van der Waals surface area contributed by atoms with E-state index in [-0.39, 0.29) is 5.56 Å². The Morgan fingerprint density at radius 3 is 2.81 bits per heavy atom. The van der Waals surface area contributed by atoms with E-state index in [1.165, 1.54) is 0 Å². The number of piperidine rings is 1. The monoisotopic (exact) mass is 355 g/mol. The molecule has 0 aliphatic carbocycles. The molecule has 0 spiro atoms. The molecule has 4 rings (SSSR count). The van der Waals surface area contributed by atoms with Crippen LogP contribution in [0, 0.1) is 12.8 Å². The highest BCUT2D eigenvalue weighted by Crippen LogP contribution is 2.19. The van der Waals surface area contributed by atoms with E-state index in [2.05, 4.69) is 25.2 Å². The average molecular weight is 355 g/mol. The van der Waals surface area contributed by atoms with E-state index in [4.69, 9.17) is 4.52 Å². The minimum absolute atomic E-state index is 0.0790. The van der Waals surface area contributed by atoms with Crippen LogP contribution in [0.5, 0.6) is 0 Å². The summed E-state index contributed by atoms with van der Waals surface area (Å²) in [5.41, 5.74) is -0.0790. The van der Waals surface area contributed by atoms with Crippen molar-refractivity contribution in [3.05, 3.63) is 52.7 Å². The summed E-state index contributed by atoms with van der Waals surface area (Å²) in [6.45, 7) is 5.02. The Kier molecular flexibility index (Phi) is 4.61. The Bertz CT molecular complexity index is 907. The first kappa shape index (κ1) is 16.6. The van der Waals surface area contributed by atoms with Gasteiger partial charge in [-0.15, -0.1) is 5.10 Å². The summed E-state index contributed by atoms with van der Waals surface area (Å²) < 4.78 is 8.40. The molecule has 0 saturated carbocycles. The van der Waals surface area contributed by atoms with E-state index in [9.17, 15) is 4.79 Å². The van der Waals surface area contributed by atoms with Crippen LogP contribution in [-0.2, 0) is 13.1 Å². The summed E-state index contributed by atoms with van der Waals surface area (Å²) in [5, 5.41) is 12.4. The zero-order chi connectivity index (χ0) is 17.9. The highest BCUT2D eigenvalue weighted by molar-refractivity contribution is 5.17. The summed E-state index contributed by atoms with van der Waals surface area (Å²) in [7, 11) is 0. The fourth-order valence-corrected chi connectivity index (χ4v) is 3.26. The lowest BCUT2D eigenvalue weighted by atomic mass is 9.97. The number of hydrogen-bond donors (Lipinski definition) is 0. The van der Waals surface area contributed by atoms with Crippen LogP contribution in [0.25, 0.3) is 5.82 Å². The SMILES string of the molecule is Cc1noc(CN2CCC(Cn3nc(-n4cccn4)ccc3=O)CC2)n1. The van der Waals surface area contributed by atoms with Crippen molar-refractivity contribution in [2.24, 2.45) is 5.92 Å². The molecule has 26 heavy (non-hydrogen) atoms. The van der Waals surface area contributed by atoms with Crippen LogP contribution in [0.15, 0.2) is 39.9 Å². The fourth-order valence-electron chi connectivity index (χ4n) is 3.26. The third-order valence-electron chi connectivity index (χ3n) is 4.66. The van der Waals surface area contributed by atoms with Gasteiger partial charge < -0.3 is 4.52 Å². The van der Waals surface area contributed by atoms with Crippen molar-refractivity contribution in [3.63, 3.8) is 0 Å². The van der Waals surface area contributed by atoms with Crippen molar-refractivity contribution < 1.29 is 4.52 Å². The van der Waals surface area contributed by atoms with Gasteiger partial charge >= 0.3 is 0 Å². The van der Waals surface area contributed by atoms with Gasteiger partial charge in [-0.2, -0.15) is 10.1 Å². The van der Waals surface area contributed by atoms with Crippen molar-refractivity contribution in [2.45, 2.75) is 32.9 Å². The molecule has 1 aliphatic rings. The molecular formula is C17H21N7O2. The lowest BCUT2D eigenvalue weighted by Crippen LogP contribution is -2.36. The minimum atomic E-state index is -0.0790. The number of aromatic nitrogens is 6. The van der Waals surface area contributed by atoms with E-state index in [1.54, 1.807) is 27.7 Å². The number of aryl methyl sites for hydroxylation is 1. The standard InChI is InChI=1S/C17H21N7O2/c1-13-19-16(26-21-13)12-22-9-5-14(6-10-22)11-24-17(25)4-3-15(20-24)23-8-2-7-18-23/h2-4,7-8,14H,5-6,9-12H2,1H3. The predicted octanol–water partition coefficient (Wildman–Crippen LogP) is 1.03. The first-order valence-corrected chi connectivity index (χ1v) is 8.77. The maximum Gasteiger partial charge on any atom is 0.266 e. The molecule has 4 heterocycles. The number of hydrogen-bond acceptors (Lipinski definition) is 7. The van der Waals surface area contributed by atoms with Gasteiger partial charge in [-0.3, -0.25) is 9.69 Å². The molecule has 9 heteroatoms. The second kappa shape index (κ2) is 7.20. The molecule has 0 radical (unpaired) electrons. The smallest absolute Gasteiger partial charge is 0.266 e. The Morgan fingerprint density at radius 1 is 1.27 bits per heavy atom. The maximum absolute atomic E-state index is 12.2. The Balaban J connectivity index is 1.37. The molecule has 0 aromatic carbocycles. The van der Waals surface area contributed by atoms with Gasteiger partial charge in [-0.1, -0.05) is 5.16 Å². The zero-order valence-corrected chi connectivity index (χ0v) is 14.7. The second-order valence-corrected chi connectivity index (χ2v) is 6.62. The topological polar surface area (TPSA) is 94.9 Å². The molecule has 0 N–H and O–H groups in total. The van der Waals surface area contributed by atoms with Gasteiger partial charge in [-0.25, -0.2) is 9.36 Å². The van der Waals surface area contributed by atoms with Crippen LogP contribution in [0.1, 0.15) is 24.6 Å². The first-order valence-electron chi connectivity index (χ1n) is 8.77. The second-order valence-electron chi connectivity index (χ2n) is 6.62. The van der Waals surface area contributed by atoms with Crippen molar-refractivity contribution in [2.75, 3.05) is 13.1 Å². The molecular weight excluding hydrogens is 334 g/mol. The van der Waals surface area contributed by atoms with Gasteiger partial charge in [-0.05, 0) is 50.9 Å². The Hall–Kier alpha value is -2.81. The van der Waals surface area contributed by atoms with E-state index >= 15 is 0 Å². The van der Waals surface area contributed by atoms with Gasteiger partial charge in [0.25, 0.3) is 5.56 Å². The molecule has 0 bridgehead atoms. The van der Waals surface area contributed by atoms with Crippen LogP contribution in [-0.4, -0.2) is 47.7 Å². The zero-order valence-electron chi connectivity index (χ0n) is 14.7. The third kappa shape index (κ3) is 3.72. The van der Waals surface area contributed by atoms with Crippen molar-refractivity contribution >= 4 is 0 Å². The first-order chi connectivity index (χ1) is 12.7. The van der Waals surface area contributed by atoms with Crippen LogP contribution in [0.4, 0.5) is 0 Å². The molecule has 3 aromatic heterocycles. The molecule has 136 valence electrons. The summed E-state index contributed by atoms with van der Waals surface area (Å²) in [6, 6.07) is 5.08. The van der Waals surface area contributed by atoms with Crippen molar-refractivity contribution in [3.8, 4) is 5.82 Å². The van der Waals surface area contributed by atoms with Gasteiger partial charge in [0.15, 0.2) is 11.6 Å². The fraction of sp³-hybridized carbons (Fsp3) is 0.471. The molecule has 1 saturated heterocycles. The average Bonchev–Trinajstić information content (AvgIpc) is 3.31. The van der Waals surface area contributed by atoms with E-state index in [0.29, 0.717) is 36.5 Å². The summed E-state index contributed by atoms with van der Waals surface area (Å²) in [4.78, 5) is 18.7. The van der Waals surface area contributed by atoms with Gasteiger partial charge in [0.1, 0.15) is 0 Å². The quantitative estimate of drug-likeness (QED) is 0.674. The highest BCUT2D eigenvalue weighted by Gasteiger charge is 2.22. The van der Waals surface area contributed by atoms with Gasteiger partial charge in [0.05, 0.1) is 6.54 Å². The maximum atomic E-state index is 12.2. The molecule has 9 nitrogen and oxygen atoms in total. The molecule has 0 atom stereocenters. The third-order valence-corrected chi connectivity index (χ3v) is 4.66. The molecule has 0 unspecified atom stereocenters. The van der Waals surface area contributed by atoms with E-state index in [1.807, 2.05) is 19.2 Å². The van der Waals surface area contributed by atoms with Crippen LogP contribution >= 0.6 is 0 Å². The van der Waals surface area contributed by atoms with Crippen molar-refractivity contribution in [1.29, 1.82) is 0 Å². The molecule has 1 fully saturated rings. The molecule has 0 amide bonds. The summed E-state index contributed by atoms with van der Waals surface area (Å²) in [5.74, 6) is 2.40. The molecule has 1 aliphatic heterocycles. The number of nitrogens with zero attached hydrogens (tertiary/aromatic N) is 7. The van der Waals surface area contributed by atoms with Gasteiger partial charge in [0.2, 0.25) is 5.89 Å². The van der Waals surface area contributed by atoms with Crippen LogP contribution < -0.4 is 5.56 Å². The van der Waals surface area contributed by atoms with Crippen LogP contribution in [0.2, 0.25) is 0 Å². The summed E-state index contributed by atoms with van der Waals surface area (Å²) in [6.07, 6.45) is 5.52. The summed E-state index contributed by atoms with van der Waals surface area (Å²) >= 11 is 0. The minimum Gasteiger partial charge on any atom is -0.338 e. The lowest BCUT2D eigenvalue weighted by molar-refractivity contribution is 0.148.